The van der Waals surface area contributed by atoms with E-state index in [0.717, 1.165) is 4.47 Å². The fourth-order valence-corrected chi connectivity index (χ4v) is 2.79. The molecule has 2 aromatic rings. The molecule has 2 unspecified atom stereocenters. The molecule has 2 aromatic carbocycles. The predicted molar refractivity (Wildman–Crippen MR) is 90.0 cm³/mol. The Balaban J connectivity index is 2.10. The van der Waals surface area contributed by atoms with Crippen molar-refractivity contribution < 1.29 is 0 Å². The molecule has 1 nitrogen and oxygen atoms in total. The molecule has 0 aliphatic heterocycles. The standard InChI is InChI=1S/C18H22BrN/c1-12-8-9-17(10-13(12)2)15(4)20-14(3)16-6-5-7-18(19)11-16/h5-11,14-15,20H,1-4H3. The molecule has 0 bridgehead atoms. The summed E-state index contributed by atoms with van der Waals surface area (Å²) in [6.45, 7) is 8.75. The van der Waals surface area contributed by atoms with Crippen LogP contribution < -0.4 is 5.32 Å². The SMILES string of the molecule is Cc1ccc(C(C)NC(C)c2cccc(Br)c2)cc1C. The fraction of sp³-hybridized carbons (Fsp3) is 0.333. The van der Waals surface area contributed by atoms with E-state index in [4.69, 9.17) is 0 Å². The minimum absolute atomic E-state index is 0.323. The highest BCUT2D eigenvalue weighted by atomic mass is 79.9. The zero-order valence-corrected chi connectivity index (χ0v) is 14.2. The van der Waals surface area contributed by atoms with Crippen molar-refractivity contribution in [2.24, 2.45) is 0 Å². The lowest BCUT2D eigenvalue weighted by molar-refractivity contribution is 0.494. The van der Waals surface area contributed by atoms with Crippen molar-refractivity contribution in [2.75, 3.05) is 0 Å². The summed E-state index contributed by atoms with van der Waals surface area (Å²) in [7, 11) is 0. The van der Waals surface area contributed by atoms with Gasteiger partial charge in [-0.15, -0.1) is 0 Å². The lowest BCUT2D eigenvalue weighted by atomic mass is 10.0. The largest absolute Gasteiger partial charge is 0.304 e. The van der Waals surface area contributed by atoms with Crippen molar-refractivity contribution in [3.05, 3.63) is 69.2 Å². The van der Waals surface area contributed by atoms with Crippen molar-refractivity contribution in [3.63, 3.8) is 0 Å². The van der Waals surface area contributed by atoms with Gasteiger partial charge in [0.05, 0.1) is 0 Å². The minimum atomic E-state index is 0.323. The summed E-state index contributed by atoms with van der Waals surface area (Å²) >= 11 is 3.53. The van der Waals surface area contributed by atoms with E-state index in [1.54, 1.807) is 0 Å². The van der Waals surface area contributed by atoms with E-state index in [-0.39, 0.29) is 0 Å². The number of rotatable bonds is 4. The molecule has 0 saturated heterocycles. The van der Waals surface area contributed by atoms with E-state index in [1.807, 2.05) is 0 Å². The van der Waals surface area contributed by atoms with Crippen molar-refractivity contribution in [3.8, 4) is 0 Å². The van der Waals surface area contributed by atoms with Crippen molar-refractivity contribution in [1.82, 2.24) is 5.32 Å². The van der Waals surface area contributed by atoms with Gasteiger partial charge in [0, 0.05) is 16.6 Å². The molecule has 0 heterocycles. The number of hydrogen-bond acceptors (Lipinski definition) is 1. The van der Waals surface area contributed by atoms with Crippen LogP contribution in [0.1, 0.15) is 48.2 Å². The molecule has 0 fully saturated rings. The molecule has 0 amide bonds. The first-order chi connectivity index (χ1) is 9.47. The van der Waals surface area contributed by atoms with Crippen LogP contribution in [-0.4, -0.2) is 0 Å². The maximum Gasteiger partial charge on any atom is 0.0297 e. The average molecular weight is 332 g/mol. The number of halogens is 1. The molecule has 0 aliphatic carbocycles. The van der Waals surface area contributed by atoms with E-state index < -0.39 is 0 Å². The van der Waals surface area contributed by atoms with Gasteiger partial charge in [0.1, 0.15) is 0 Å². The van der Waals surface area contributed by atoms with Crippen LogP contribution in [0.25, 0.3) is 0 Å². The van der Waals surface area contributed by atoms with Gasteiger partial charge in [-0.3, -0.25) is 0 Å². The predicted octanol–water partition coefficient (Wildman–Crippen LogP) is 5.48. The highest BCUT2D eigenvalue weighted by molar-refractivity contribution is 9.10. The lowest BCUT2D eigenvalue weighted by Crippen LogP contribution is -2.22. The summed E-state index contributed by atoms with van der Waals surface area (Å²) in [4.78, 5) is 0. The molecule has 106 valence electrons. The van der Waals surface area contributed by atoms with Crippen LogP contribution >= 0.6 is 15.9 Å². The van der Waals surface area contributed by atoms with E-state index in [1.165, 1.54) is 22.3 Å². The first-order valence-electron chi connectivity index (χ1n) is 7.06. The van der Waals surface area contributed by atoms with Gasteiger partial charge in [-0.2, -0.15) is 0 Å². The third-order valence-corrected chi connectivity index (χ3v) is 4.37. The Bertz CT molecular complexity index is 592. The van der Waals surface area contributed by atoms with Gasteiger partial charge in [-0.1, -0.05) is 46.3 Å². The van der Waals surface area contributed by atoms with Gasteiger partial charge in [0.2, 0.25) is 0 Å². The topological polar surface area (TPSA) is 12.0 Å². The second kappa shape index (κ2) is 6.55. The molecule has 1 N–H and O–H groups in total. The Morgan fingerprint density at radius 3 is 2.10 bits per heavy atom. The quantitative estimate of drug-likeness (QED) is 0.782. The third kappa shape index (κ3) is 3.71. The second-order valence-electron chi connectivity index (χ2n) is 5.51. The molecular formula is C18H22BrN. The Morgan fingerprint density at radius 2 is 1.50 bits per heavy atom. The van der Waals surface area contributed by atoms with Crippen LogP contribution in [0.15, 0.2) is 46.9 Å². The number of nitrogens with one attached hydrogen (secondary N) is 1. The molecule has 2 atom stereocenters. The molecule has 0 spiro atoms. The Hall–Kier alpha value is -1.12. The van der Waals surface area contributed by atoms with Crippen LogP contribution in [0, 0.1) is 13.8 Å². The van der Waals surface area contributed by atoms with E-state index in [2.05, 4.69) is 91.4 Å². The molecule has 2 heteroatoms. The third-order valence-electron chi connectivity index (χ3n) is 3.88. The summed E-state index contributed by atoms with van der Waals surface area (Å²) in [6.07, 6.45) is 0. The maximum absolute atomic E-state index is 3.67. The second-order valence-corrected chi connectivity index (χ2v) is 6.42. The molecule has 0 aliphatic rings. The zero-order valence-electron chi connectivity index (χ0n) is 12.6. The zero-order chi connectivity index (χ0) is 14.7. The average Bonchev–Trinajstić information content (AvgIpc) is 2.41. The Morgan fingerprint density at radius 1 is 0.850 bits per heavy atom. The lowest BCUT2D eigenvalue weighted by Gasteiger charge is -2.21. The summed E-state index contributed by atoms with van der Waals surface area (Å²) in [6, 6.07) is 15.8. The van der Waals surface area contributed by atoms with Crippen LogP contribution in [0.4, 0.5) is 0 Å². The van der Waals surface area contributed by atoms with Crippen LogP contribution in [0.2, 0.25) is 0 Å². The smallest absolute Gasteiger partial charge is 0.0297 e. The normalized spacial score (nSPS) is 14.1. The molecule has 0 saturated carbocycles. The van der Waals surface area contributed by atoms with Gasteiger partial charge in [-0.25, -0.2) is 0 Å². The summed E-state index contributed by atoms with van der Waals surface area (Å²) in [5.41, 5.74) is 5.34. The Labute approximate surface area is 130 Å². The summed E-state index contributed by atoms with van der Waals surface area (Å²) < 4.78 is 1.13. The molecule has 0 radical (unpaired) electrons. The maximum atomic E-state index is 3.67. The van der Waals surface area contributed by atoms with Crippen LogP contribution in [0.5, 0.6) is 0 Å². The van der Waals surface area contributed by atoms with Crippen LogP contribution in [0.3, 0.4) is 0 Å². The first-order valence-corrected chi connectivity index (χ1v) is 7.85. The van der Waals surface area contributed by atoms with E-state index in [0.29, 0.717) is 12.1 Å². The monoisotopic (exact) mass is 331 g/mol. The molecule has 0 aromatic heterocycles. The minimum Gasteiger partial charge on any atom is -0.304 e. The number of hydrogen-bond donors (Lipinski definition) is 1. The van der Waals surface area contributed by atoms with Crippen molar-refractivity contribution >= 4 is 15.9 Å². The Kier molecular flexibility index (Phi) is 5.00. The first kappa shape index (κ1) is 15.3. The number of benzene rings is 2. The molecular weight excluding hydrogens is 310 g/mol. The summed E-state index contributed by atoms with van der Waals surface area (Å²) in [5.74, 6) is 0. The highest BCUT2D eigenvalue weighted by Crippen LogP contribution is 2.23. The van der Waals surface area contributed by atoms with Gasteiger partial charge < -0.3 is 5.32 Å². The van der Waals surface area contributed by atoms with E-state index in [9.17, 15) is 0 Å². The fourth-order valence-electron chi connectivity index (χ4n) is 2.38. The summed E-state index contributed by atoms with van der Waals surface area (Å²) in [5, 5.41) is 3.67. The van der Waals surface area contributed by atoms with Crippen molar-refractivity contribution in [2.45, 2.75) is 39.8 Å². The number of aryl methyl sites for hydroxylation is 2. The van der Waals surface area contributed by atoms with E-state index >= 15 is 0 Å². The molecule has 20 heavy (non-hydrogen) atoms. The highest BCUT2D eigenvalue weighted by Gasteiger charge is 2.11. The van der Waals surface area contributed by atoms with Gasteiger partial charge in [0.15, 0.2) is 0 Å². The van der Waals surface area contributed by atoms with Crippen LogP contribution in [-0.2, 0) is 0 Å². The van der Waals surface area contributed by atoms with Gasteiger partial charge >= 0.3 is 0 Å². The van der Waals surface area contributed by atoms with Gasteiger partial charge in [0.25, 0.3) is 0 Å². The van der Waals surface area contributed by atoms with Gasteiger partial charge in [-0.05, 0) is 62.1 Å². The molecule has 2 rings (SSSR count). The van der Waals surface area contributed by atoms with Crippen molar-refractivity contribution in [1.29, 1.82) is 0 Å².